The Morgan fingerprint density at radius 2 is 1.68 bits per heavy atom. The van der Waals surface area contributed by atoms with Crippen LogP contribution in [0.25, 0.3) is 0 Å². The van der Waals surface area contributed by atoms with E-state index in [9.17, 15) is 4.79 Å². The number of allylic oxidation sites excluding steroid dienone is 1. The minimum Gasteiger partial charge on any atom is -0.459 e. The predicted molar refractivity (Wildman–Crippen MR) is 94.7 cm³/mol. The molecule has 128 valence electrons. The molecule has 0 fully saturated rings. The van der Waals surface area contributed by atoms with E-state index in [-0.39, 0.29) is 17.0 Å². The lowest BCUT2D eigenvalue weighted by Gasteiger charge is -2.38. The first kappa shape index (κ1) is 21.0. The van der Waals surface area contributed by atoms with Gasteiger partial charge in [0.2, 0.25) is 0 Å². The Morgan fingerprint density at radius 3 is 2.05 bits per heavy atom. The van der Waals surface area contributed by atoms with E-state index in [4.69, 9.17) is 4.74 Å². The molecule has 0 saturated heterocycles. The van der Waals surface area contributed by atoms with Crippen LogP contribution in [0.5, 0.6) is 0 Å². The minimum absolute atomic E-state index is 0.0950. The second-order valence-electron chi connectivity index (χ2n) is 8.28. The summed E-state index contributed by atoms with van der Waals surface area (Å²) in [7, 11) is 0. The molecule has 0 heterocycles. The molecule has 0 aromatic carbocycles. The Hall–Kier alpha value is -1.01. The van der Waals surface area contributed by atoms with Crippen molar-refractivity contribution in [1.29, 1.82) is 0 Å². The highest BCUT2D eigenvalue weighted by atomic mass is 16.6. The van der Waals surface area contributed by atoms with Gasteiger partial charge in [0, 0.05) is 0 Å². The molecule has 0 aliphatic rings. The van der Waals surface area contributed by atoms with Crippen LogP contribution >= 0.6 is 0 Å². The highest BCUT2D eigenvalue weighted by Gasteiger charge is 2.40. The fourth-order valence-corrected chi connectivity index (χ4v) is 3.34. The van der Waals surface area contributed by atoms with E-state index < -0.39 is 5.41 Å². The van der Waals surface area contributed by atoms with Crippen LogP contribution in [0.2, 0.25) is 0 Å². The van der Waals surface area contributed by atoms with Gasteiger partial charge >= 0.3 is 5.97 Å². The zero-order valence-corrected chi connectivity index (χ0v) is 16.0. The fourth-order valence-electron chi connectivity index (χ4n) is 3.34. The topological polar surface area (TPSA) is 26.3 Å². The van der Waals surface area contributed by atoms with Crippen molar-refractivity contribution in [1.82, 2.24) is 0 Å². The van der Waals surface area contributed by atoms with Crippen LogP contribution in [0.4, 0.5) is 0 Å². The van der Waals surface area contributed by atoms with Crippen LogP contribution in [-0.2, 0) is 9.53 Å². The molecular weight excluding hydrogens is 272 g/mol. The first-order valence-corrected chi connectivity index (χ1v) is 8.54. The molecule has 0 aromatic rings. The highest BCUT2D eigenvalue weighted by molar-refractivity contribution is 5.76. The van der Waals surface area contributed by atoms with E-state index in [1.54, 1.807) is 0 Å². The van der Waals surface area contributed by atoms with Gasteiger partial charge in [0.25, 0.3) is 0 Å². The number of hydrogen-bond donors (Lipinski definition) is 0. The van der Waals surface area contributed by atoms with E-state index in [0.29, 0.717) is 12.3 Å². The molecule has 2 heteroatoms. The average Bonchev–Trinajstić information content (AvgIpc) is 2.35. The van der Waals surface area contributed by atoms with Gasteiger partial charge in [-0.1, -0.05) is 48.1 Å². The molecule has 0 unspecified atom stereocenters. The van der Waals surface area contributed by atoms with Crippen molar-refractivity contribution in [2.75, 3.05) is 0 Å². The first-order chi connectivity index (χ1) is 9.93. The summed E-state index contributed by atoms with van der Waals surface area (Å²) in [6.45, 7) is 20.4. The number of rotatable bonds is 9. The lowest BCUT2D eigenvalue weighted by atomic mass is 9.75. The molecular formula is C20H36O2. The van der Waals surface area contributed by atoms with E-state index in [0.717, 1.165) is 19.3 Å². The van der Waals surface area contributed by atoms with Crippen LogP contribution in [0, 0.1) is 16.7 Å². The Kier molecular flexibility index (Phi) is 7.65. The van der Waals surface area contributed by atoms with Crippen molar-refractivity contribution in [3.8, 4) is 0 Å². The Bertz CT molecular complexity index is 405. The maximum Gasteiger partial charge on any atom is 0.312 e. The summed E-state index contributed by atoms with van der Waals surface area (Å²) in [4.78, 5) is 12.8. The van der Waals surface area contributed by atoms with Crippen molar-refractivity contribution in [3.05, 3.63) is 18.4 Å². The summed E-state index contributed by atoms with van der Waals surface area (Å²) in [5.41, 5.74) is 1.86. The van der Waals surface area contributed by atoms with Gasteiger partial charge in [0.15, 0.2) is 0 Å². The van der Waals surface area contributed by atoms with Gasteiger partial charge in [0.05, 0.1) is 5.41 Å². The number of hydrogen-bond acceptors (Lipinski definition) is 2. The average molecular weight is 309 g/mol. The van der Waals surface area contributed by atoms with Crippen molar-refractivity contribution >= 4 is 5.97 Å². The fraction of sp³-hybridized carbons (Fsp3) is 0.800. The molecule has 0 spiro atoms. The first-order valence-electron chi connectivity index (χ1n) is 8.54. The third-order valence-electron chi connectivity index (χ3n) is 4.32. The molecule has 0 atom stereocenters. The summed E-state index contributed by atoms with van der Waals surface area (Å²) in [5, 5.41) is 0. The lowest BCUT2D eigenvalue weighted by molar-refractivity contribution is -0.175. The highest BCUT2D eigenvalue weighted by Crippen LogP contribution is 2.38. The molecule has 2 nitrogen and oxygen atoms in total. The van der Waals surface area contributed by atoms with Crippen LogP contribution in [0.15, 0.2) is 18.4 Å². The van der Waals surface area contributed by atoms with Crippen molar-refractivity contribution in [2.24, 2.45) is 16.7 Å². The van der Waals surface area contributed by atoms with Crippen molar-refractivity contribution < 1.29 is 9.53 Å². The largest absolute Gasteiger partial charge is 0.459 e. The summed E-state index contributed by atoms with van der Waals surface area (Å²) < 4.78 is 6.05. The smallest absolute Gasteiger partial charge is 0.312 e. The van der Waals surface area contributed by atoms with Crippen molar-refractivity contribution in [3.63, 3.8) is 0 Å². The Labute approximate surface area is 138 Å². The van der Waals surface area contributed by atoms with Gasteiger partial charge in [-0.2, -0.15) is 0 Å². The molecule has 0 saturated carbocycles. The molecule has 0 aromatic heterocycles. The normalized spacial score (nSPS) is 13.0. The SMILES string of the molecule is C=C=CC(C)(C)CC(C)(C)C(=O)OC(CC)(CC)CC(C)C. The second kappa shape index (κ2) is 8.02. The van der Waals surface area contributed by atoms with Gasteiger partial charge in [-0.15, -0.1) is 5.73 Å². The monoisotopic (exact) mass is 308 g/mol. The van der Waals surface area contributed by atoms with Gasteiger partial charge in [-0.05, 0) is 56.9 Å². The molecule has 0 radical (unpaired) electrons. The molecule has 0 aliphatic carbocycles. The van der Waals surface area contributed by atoms with Crippen LogP contribution in [0.1, 0.15) is 81.1 Å². The number of ether oxygens (including phenoxy) is 1. The van der Waals surface area contributed by atoms with Crippen LogP contribution < -0.4 is 0 Å². The van der Waals surface area contributed by atoms with E-state index in [2.05, 4.69) is 53.9 Å². The summed E-state index contributed by atoms with van der Waals surface area (Å²) in [5.74, 6) is 0.415. The van der Waals surface area contributed by atoms with Crippen LogP contribution in [-0.4, -0.2) is 11.6 Å². The maximum atomic E-state index is 12.8. The zero-order chi connectivity index (χ0) is 17.6. The standard InChI is InChI=1S/C20H36O2/c1-10-13-18(6,7)15-19(8,9)17(21)22-20(11-2,12-3)14-16(4)5/h13,16H,1,11-12,14-15H2,2-9H3. The Balaban J connectivity index is 5.17. The third-order valence-corrected chi connectivity index (χ3v) is 4.32. The summed E-state index contributed by atoms with van der Waals surface area (Å²) >= 11 is 0. The molecule has 0 aliphatic heterocycles. The summed E-state index contributed by atoms with van der Waals surface area (Å²) in [6.07, 6.45) is 5.28. The lowest BCUT2D eigenvalue weighted by Crippen LogP contribution is -2.41. The Morgan fingerprint density at radius 1 is 1.18 bits per heavy atom. The van der Waals surface area contributed by atoms with Gasteiger partial charge < -0.3 is 4.74 Å². The van der Waals surface area contributed by atoms with E-state index in [1.165, 1.54) is 0 Å². The van der Waals surface area contributed by atoms with Gasteiger partial charge in [-0.25, -0.2) is 0 Å². The second-order valence-corrected chi connectivity index (χ2v) is 8.28. The number of esters is 1. The van der Waals surface area contributed by atoms with E-state index >= 15 is 0 Å². The summed E-state index contributed by atoms with van der Waals surface area (Å²) in [6, 6.07) is 0. The molecule has 22 heavy (non-hydrogen) atoms. The number of carbonyl (C=O) groups is 1. The van der Waals surface area contributed by atoms with E-state index in [1.807, 2.05) is 19.9 Å². The van der Waals surface area contributed by atoms with Gasteiger partial charge in [0.1, 0.15) is 5.60 Å². The zero-order valence-electron chi connectivity index (χ0n) is 16.0. The third kappa shape index (κ3) is 6.40. The minimum atomic E-state index is -0.524. The van der Waals surface area contributed by atoms with Gasteiger partial charge in [-0.3, -0.25) is 4.79 Å². The maximum absolute atomic E-state index is 12.8. The van der Waals surface area contributed by atoms with Crippen molar-refractivity contribution in [2.45, 2.75) is 86.7 Å². The van der Waals surface area contributed by atoms with Crippen LogP contribution in [0.3, 0.4) is 0 Å². The quantitative estimate of drug-likeness (QED) is 0.390. The molecule has 0 N–H and O–H groups in total. The predicted octanol–water partition coefficient (Wildman–Crippen LogP) is 5.92. The molecule has 0 amide bonds. The molecule has 0 bridgehead atoms. The number of carbonyl (C=O) groups excluding carboxylic acids is 1. The molecule has 0 rings (SSSR count).